The van der Waals surface area contributed by atoms with Gasteiger partial charge in [0.2, 0.25) is 0 Å². The molecule has 23 heavy (non-hydrogen) atoms. The van der Waals surface area contributed by atoms with Crippen LogP contribution in [0.1, 0.15) is 20.8 Å². The average molecular weight is 312 g/mol. The van der Waals surface area contributed by atoms with E-state index in [2.05, 4.69) is 6.58 Å². The zero-order valence-corrected chi connectivity index (χ0v) is 13.6. The Labute approximate surface area is 135 Å². The van der Waals surface area contributed by atoms with Crippen LogP contribution in [-0.4, -0.2) is 18.4 Å². The van der Waals surface area contributed by atoms with Crippen LogP contribution in [-0.2, 0) is 9.59 Å². The maximum atomic E-state index is 11.6. The van der Waals surface area contributed by atoms with E-state index in [1.165, 1.54) is 0 Å². The number of fused-ring (bicyclic) bond motifs is 1. The first-order chi connectivity index (χ1) is 10.9. The second-order valence-electron chi connectivity index (χ2n) is 5.75. The molecular formula is C19H20O4. The van der Waals surface area contributed by atoms with Crippen molar-refractivity contribution < 1.29 is 19.1 Å². The first-order valence-electron chi connectivity index (χ1n) is 7.44. The van der Waals surface area contributed by atoms with Crippen LogP contribution in [0.15, 0.2) is 48.6 Å². The molecule has 0 atom stereocenters. The first-order valence-corrected chi connectivity index (χ1v) is 7.44. The molecule has 0 aliphatic heterocycles. The van der Waals surface area contributed by atoms with Gasteiger partial charge in [-0.25, -0.2) is 4.79 Å². The molecular weight excluding hydrogens is 292 g/mol. The zero-order chi connectivity index (χ0) is 17.0. The lowest BCUT2D eigenvalue weighted by Crippen LogP contribution is -2.16. The van der Waals surface area contributed by atoms with Crippen LogP contribution in [0, 0.1) is 5.92 Å². The fourth-order valence-electron chi connectivity index (χ4n) is 1.87. The second kappa shape index (κ2) is 7.09. The summed E-state index contributed by atoms with van der Waals surface area (Å²) < 4.78 is 10.7. The fourth-order valence-corrected chi connectivity index (χ4v) is 1.87. The van der Waals surface area contributed by atoms with Crippen molar-refractivity contribution in [2.45, 2.75) is 20.8 Å². The third-order valence-electron chi connectivity index (χ3n) is 3.37. The quantitative estimate of drug-likeness (QED) is 0.461. The van der Waals surface area contributed by atoms with Gasteiger partial charge in [0.25, 0.3) is 0 Å². The van der Waals surface area contributed by atoms with Gasteiger partial charge in [0.05, 0.1) is 0 Å². The number of hydrogen-bond donors (Lipinski definition) is 0. The molecule has 0 N–H and O–H groups in total. The number of carbonyl (C=O) groups is 2. The van der Waals surface area contributed by atoms with Gasteiger partial charge in [-0.15, -0.1) is 0 Å². The number of benzene rings is 2. The lowest BCUT2D eigenvalue weighted by Gasteiger charge is -2.09. The van der Waals surface area contributed by atoms with Crippen molar-refractivity contribution in [1.82, 2.24) is 0 Å². The van der Waals surface area contributed by atoms with Crippen molar-refractivity contribution in [2.75, 3.05) is 6.61 Å². The van der Waals surface area contributed by atoms with Gasteiger partial charge in [0.15, 0.2) is 5.78 Å². The predicted octanol–water partition coefficient (Wildman–Crippen LogP) is 3.93. The van der Waals surface area contributed by atoms with Crippen LogP contribution < -0.4 is 9.47 Å². The van der Waals surface area contributed by atoms with E-state index in [0.717, 1.165) is 10.8 Å². The van der Waals surface area contributed by atoms with Crippen LogP contribution in [0.3, 0.4) is 0 Å². The summed E-state index contributed by atoms with van der Waals surface area (Å²) in [5.74, 6) is 0.678. The lowest BCUT2D eigenvalue weighted by molar-refractivity contribution is -0.130. The highest BCUT2D eigenvalue weighted by atomic mass is 16.5. The van der Waals surface area contributed by atoms with Gasteiger partial charge in [-0.3, -0.25) is 4.79 Å². The molecule has 0 heterocycles. The molecule has 0 radical (unpaired) electrons. The van der Waals surface area contributed by atoms with Gasteiger partial charge in [-0.1, -0.05) is 32.6 Å². The van der Waals surface area contributed by atoms with Gasteiger partial charge in [-0.2, -0.15) is 0 Å². The molecule has 0 aliphatic carbocycles. The molecule has 4 nitrogen and oxygen atoms in total. The molecule has 0 saturated carbocycles. The molecule has 120 valence electrons. The van der Waals surface area contributed by atoms with Crippen molar-refractivity contribution in [3.8, 4) is 11.5 Å². The summed E-state index contributed by atoms with van der Waals surface area (Å²) in [6.07, 6.45) is 0. The van der Waals surface area contributed by atoms with Crippen molar-refractivity contribution in [3.05, 3.63) is 48.6 Å². The van der Waals surface area contributed by atoms with E-state index in [0.29, 0.717) is 17.1 Å². The van der Waals surface area contributed by atoms with E-state index < -0.39 is 5.97 Å². The number of esters is 1. The Morgan fingerprint density at radius 1 is 1.04 bits per heavy atom. The number of carbonyl (C=O) groups excluding carboxylic acids is 2. The van der Waals surface area contributed by atoms with E-state index in [4.69, 9.17) is 9.47 Å². The Bertz CT molecular complexity index is 759. The zero-order valence-electron chi connectivity index (χ0n) is 13.6. The summed E-state index contributed by atoms with van der Waals surface area (Å²) in [6, 6.07) is 10.8. The molecule has 0 fully saturated rings. The monoisotopic (exact) mass is 312 g/mol. The van der Waals surface area contributed by atoms with Crippen LogP contribution in [0.2, 0.25) is 0 Å². The van der Waals surface area contributed by atoms with E-state index in [1.54, 1.807) is 25.1 Å². The van der Waals surface area contributed by atoms with Gasteiger partial charge in [-0.05, 0) is 42.0 Å². The summed E-state index contributed by atoms with van der Waals surface area (Å²) >= 11 is 0. The van der Waals surface area contributed by atoms with Crippen LogP contribution in [0.4, 0.5) is 0 Å². The largest absolute Gasteiger partial charge is 0.486 e. The molecule has 2 rings (SSSR count). The first kappa shape index (κ1) is 16.7. The Morgan fingerprint density at radius 2 is 1.61 bits per heavy atom. The molecule has 0 aromatic heterocycles. The van der Waals surface area contributed by atoms with Crippen LogP contribution in [0.25, 0.3) is 10.8 Å². The number of Topliss-reactive ketones (excluding diaryl/α,β-unsaturated/α-hetero) is 1. The van der Waals surface area contributed by atoms with Gasteiger partial charge in [0, 0.05) is 11.5 Å². The smallest absolute Gasteiger partial charge is 0.338 e. The maximum absolute atomic E-state index is 11.6. The molecule has 0 aliphatic rings. The van der Waals surface area contributed by atoms with Gasteiger partial charge >= 0.3 is 5.97 Å². The Balaban J connectivity index is 2.14. The SMILES string of the molecule is C=C(C)C(=O)Oc1ccc2cc(OCC(=O)C(C)C)ccc2c1. The normalized spacial score (nSPS) is 10.6. The average Bonchev–Trinajstić information content (AvgIpc) is 2.52. The van der Waals surface area contributed by atoms with E-state index in [1.807, 2.05) is 32.0 Å². The van der Waals surface area contributed by atoms with E-state index in [-0.39, 0.29) is 18.3 Å². The Kier molecular flexibility index (Phi) is 5.16. The van der Waals surface area contributed by atoms with Crippen molar-refractivity contribution >= 4 is 22.5 Å². The fraction of sp³-hybridized carbons (Fsp3) is 0.263. The molecule has 2 aromatic rings. The topological polar surface area (TPSA) is 52.6 Å². The Morgan fingerprint density at radius 3 is 2.17 bits per heavy atom. The van der Waals surface area contributed by atoms with Gasteiger partial charge < -0.3 is 9.47 Å². The van der Waals surface area contributed by atoms with Crippen LogP contribution in [0.5, 0.6) is 11.5 Å². The summed E-state index contributed by atoms with van der Waals surface area (Å²) in [5.41, 5.74) is 0.351. The third-order valence-corrected chi connectivity index (χ3v) is 3.37. The molecule has 0 saturated heterocycles. The third kappa shape index (κ3) is 4.42. The minimum atomic E-state index is -0.448. The molecule has 0 amide bonds. The summed E-state index contributed by atoms with van der Waals surface area (Å²) in [5, 5.41) is 1.86. The number of ketones is 1. The van der Waals surface area contributed by atoms with E-state index >= 15 is 0 Å². The molecule has 4 heteroatoms. The van der Waals surface area contributed by atoms with Crippen molar-refractivity contribution in [3.63, 3.8) is 0 Å². The van der Waals surface area contributed by atoms with E-state index in [9.17, 15) is 9.59 Å². The predicted molar refractivity (Wildman–Crippen MR) is 89.7 cm³/mol. The number of hydrogen-bond acceptors (Lipinski definition) is 4. The van der Waals surface area contributed by atoms with Gasteiger partial charge in [0.1, 0.15) is 18.1 Å². The number of ether oxygens (including phenoxy) is 2. The molecule has 0 spiro atoms. The molecule has 0 bridgehead atoms. The summed E-state index contributed by atoms with van der Waals surface area (Å²) in [6.45, 7) is 8.92. The van der Waals surface area contributed by atoms with Crippen LogP contribution >= 0.6 is 0 Å². The standard InChI is InChI=1S/C19H20O4/c1-12(2)18(20)11-22-16-7-5-15-10-17(8-6-14(15)9-16)23-19(21)13(3)4/h5-10,12H,3,11H2,1-2,4H3. The minimum Gasteiger partial charge on any atom is -0.486 e. The highest BCUT2D eigenvalue weighted by molar-refractivity contribution is 5.90. The maximum Gasteiger partial charge on any atom is 0.338 e. The minimum absolute atomic E-state index is 0.0407. The second-order valence-corrected chi connectivity index (χ2v) is 5.75. The lowest BCUT2D eigenvalue weighted by atomic mass is 10.1. The molecule has 2 aromatic carbocycles. The van der Waals surface area contributed by atoms with Crippen molar-refractivity contribution in [1.29, 1.82) is 0 Å². The summed E-state index contributed by atoms with van der Waals surface area (Å²) in [4.78, 5) is 23.1. The number of rotatable bonds is 6. The Hall–Kier alpha value is -2.62. The molecule has 0 unspecified atom stereocenters. The van der Waals surface area contributed by atoms with Crippen molar-refractivity contribution in [2.24, 2.45) is 5.92 Å². The summed E-state index contributed by atoms with van der Waals surface area (Å²) in [7, 11) is 0. The highest BCUT2D eigenvalue weighted by Crippen LogP contribution is 2.25. The highest BCUT2D eigenvalue weighted by Gasteiger charge is 2.09.